The van der Waals surface area contributed by atoms with Gasteiger partial charge in [0, 0.05) is 17.0 Å². The van der Waals surface area contributed by atoms with Gasteiger partial charge in [-0.2, -0.15) is 5.10 Å². The van der Waals surface area contributed by atoms with Crippen molar-refractivity contribution < 1.29 is 8.42 Å². The quantitative estimate of drug-likeness (QED) is 0.568. The van der Waals surface area contributed by atoms with Gasteiger partial charge in [0.1, 0.15) is 0 Å². The van der Waals surface area contributed by atoms with E-state index in [0.717, 1.165) is 60.9 Å². The monoisotopic (exact) mass is 382 g/mol. The second-order valence-corrected chi connectivity index (χ2v) is 9.04. The summed E-state index contributed by atoms with van der Waals surface area (Å²) >= 11 is 0. The molecule has 0 saturated heterocycles. The first-order chi connectivity index (χ1) is 13.0. The summed E-state index contributed by atoms with van der Waals surface area (Å²) in [6.07, 6.45) is 5.85. The summed E-state index contributed by atoms with van der Waals surface area (Å²) in [6.45, 7) is 5.88. The van der Waals surface area contributed by atoms with Crippen LogP contribution in [-0.4, -0.2) is 22.6 Å². The van der Waals surface area contributed by atoms with Crippen LogP contribution in [0.3, 0.4) is 0 Å². The summed E-state index contributed by atoms with van der Waals surface area (Å²) in [5, 5.41) is 9.59. The summed E-state index contributed by atoms with van der Waals surface area (Å²) in [5.74, 6) is 0.285. The highest BCUT2D eigenvalue weighted by molar-refractivity contribution is 7.90. The zero-order chi connectivity index (χ0) is 19.0. The molecule has 2 aromatic heterocycles. The Kier molecular flexibility index (Phi) is 4.76. The lowest BCUT2D eigenvalue weighted by atomic mass is 10.1. The Hall–Kier alpha value is -2.21. The molecular weight excluding hydrogens is 358 g/mol. The summed E-state index contributed by atoms with van der Waals surface area (Å²) in [6, 6.07) is 10.6. The van der Waals surface area contributed by atoms with E-state index in [1.54, 1.807) is 24.3 Å². The number of benzene rings is 1. The second-order valence-electron chi connectivity index (χ2n) is 7.25. The molecule has 1 aliphatic rings. The van der Waals surface area contributed by atoms with Crippen LogP contribution in [0, 0.1) is 13.8 Å². The fourth-order valence-corrected chi connectivity index (χ4v) is 5.25. The molecule has 1 aliphatic carbocycles. The number of aromatic nitrogens is 3. The van der Waals surface area contributed by atoms with Crippen LogP contribution in [0.1, 0.15) is 55.0 Å². The Morgan fingerprint density at radius 1 is 1.15 bits per heavy atom. The van der Waals surface area contributed by atoms with Crippen molar-refractivity contribution in [3.05, 3.63) is 60.3 Å². The molecule has 1 saturated carbocycles. The SMILES string of the molecule is [CH2]CCCCc1cc2c(C)c(C3CC3)n(S(=O)(=O)c3ccccc3)c2nn1. The molecule has 0 atom stereocenters. The highest BCUT2D eigenvalue weighted by atomic mass is 32.2. The lowest BCUT2D eigenvalue weighted by molar-refractivity contribution is 0.586. The van der Waals surface area contributed by atoms with Crippen LogP contribution >= 0.6 is 0 Å². The predicted molar refractivity (Wildman–Crippen MR) is 106 cm³/mol. The lowest BCUT2D eigenvalue weighted by Gasteiger charge is -2.11. The number of hydrogen-bond acceptors (Lipinski definition) is 4. The van der Waals surface area contributed by atoms with Gasteiger partial charge >= 0.3 is 0 Å². The molecule has 0 aliphatic heterocycles. The van der Waals surface area contributed by atoms with Gasteiger partial charge in [-0.25, -0.2) is 12.4 Å². The van der Waals surface area contributed by atoms with E-state index in [2.05, 4.69) is 17.1 Å². The van der Waals surface area contributed by atoms with Crippen LogP contribution < -0.4 is 0 Å². The van der Waals surface area contributed by atoms with Crippen molar-refractivity contribution in [3.8, 4) is 0 Å². The largest absolute Gasteiger partial charge is 0.269 e. The van der Waals surface area contributed by atoms with Crippen molar-refractivity contribution >= 4 is 21.1 Å². The van der Waals surface area contributed by atoms with Crippen LogP contribution in [0.15, 0.2) is 41.3 Å². The van der Waals surface area contributed by atoms with E-state index >= 15 is 0 Å². The van der Waals surface area contributed by atoms with Gasteiger partial charge in [0.15, 0.2) is 5.65 Å². The molecule has 1 radical (unpaired) electrons. The third kappa shape index (κ3) is 3.27. The van der Waals surface area contributed by atoms with E-state index in [0.29, 0.717) is 5.65 Å². The van der Waals surface area contributed by atoms with Crippen LogP contribution in [0.4, 0.5) is 0 Å². The fraction of sp³-hybridized carbons (Fsp3) is 0.381. The maximum Gasteiger partial charge on any atom is 0.269 e. The van der Waals surface area contributed by atoms with E-state index in [4.69, 9.17) is 0 Å². The van der Waals surface area contributed by atoms with E-state index in [1.165, 1.54) is 3.97 Å². The van der Waals surface area contributed by atoms with Crippen molar-refractivity contribution in [3.63, 3.8) is 0 Å². The Morgan fingerprint density at radius 2 is 1.89 bits per heavy atom. The normalized spacial score (nSPS) is 14.7. The summed E-state index contributed by atoms with van der Waals surface area (Å²) in [7, 11) is -3.71. The second kappa shape index (κ2) is 7.08. The highest BCUT2D eigenvalue weighted by Crippen LogP contribution is 2.45. The van der Waals surface area contributed by atoms with Crippen molar-refractivity contribution in [2.24, 2.45) is 0 Å². The molecule has 0 unspecified atom stereocenters. The average Bonchev–Trinajstić information content (AvgIpc) is 3.47. The molecule has 1 aromatic carbocycles. The summed E-state index contributed by atoms with van der Waals surface area (Å²) < 4.78 is 28.2. The van der Waals surface area contributed by atoms with E-state index in [9.17, 15) is 8.42 Å². The van der Waals surface area contributed by atoms with Crippen LogP contribution in [0.2, 0.25) is 0 Å². The van der Waals surface area contributed by atoms with Crippen molar-refractivity contribution in [2.45, 2.75) is 56.3 Å². The van der Waals surface area contributed by atoms with Gasteiger partial charge < -0.3 is 0 Å². The molecule has 4 rings (SSSR count). The molecule has 27 heavy (non-hydrogen) atoms. The fourth-order valence-electron chi connectivity index (χ4n) is 3.63. The Morgan fingerprint density at radius 3 is 2.56 bits per heavy atom. The number of fused-ring (bicyclic) bond motifs is 1. The molecule has 2 heterocycles. The van der Waals surface area contributed by atoms with Gasteiger partial charge in [0.25, 0.3) is 10.0 Å². The minimum atomic E-state index is -3.71. The van der Waals surface area contributed by atoms with E-state index < -0.39 is 10.0 Å². The van der Waals surface area contributed by atoms with Crippen LogP contribution in [0.5, 0.6) is 0 Å². The zero-order valence-corrected chi connectivity index (χ0v) is 16.4. The molecular formula is C21H24N3O2S. The molecule has 6 heteroatoms. The first-order valence-corrected chi connectivity index (χ1v) is 11.0. The third-order valence-corrected chi connectivity index (χ3v) is 6.92. The minimum Gasteiger partial charge on any atom is -0.219 e. The van der Waals surface area contributed by atoms with E-state index in [1.807, 2.05) is 19.1 Å². The number of aryl methyl sites for hydroxylation is 2. The molecule has 3 aromatic rings. The van der Waals surface area contributed by atoms with Crippen LogP contribution in [0.25, 0.3) is 11.0 Å². The lowest BCUT2D eigenvalue weighted by Crippen LogP contribution is -2.16. The molecule has 141 valence electrons. The Bertz CT molecular complexity index is 1070. The Balaban J connectivity index is 1.88. The highest BCUT2D eigenvalue weighted by Gasteiger charge is 2.35. The van der Waals surface area contributed by atoms with Gasteiger partial charge in [0.05, 0.1) is 10.6 Å². The van der Waals surface area contributed by atoms with Gasteiger partial charge in [-0.05, 0) is 56.4 Å². The third-order valence-electron chi connectivity index (χ3n) is 5.20. The number of nitrogens with zero attached hydrogens (tertiary/aromatic N) is 3. The Labute approximate surface area is 160 Å². The minimum absolute atomic E-state index is 0.283. The molecule has 5 nitrogen and oxygen atoms in total. The first-order valence-electron chi connectivity index (χ1n) is 9.51. The summed E-state index contributed by atoms with van der Waals surface area (Å²) in [5.41, 5.74) is 3.24. The molecule has 0 amide bonds. The zero-order valence-electron chi connectivity index (χ0n) is 15.6. The molecule has 0 N–H and O–H groups in total. The van der Waals surface area contributed by atoms with E-state index in [-0.39, 0.29) is 10.8 Å². The van der Waals surface area contributed by atoms with Gasteiger partial charge in [-0.1, -0.05) is 38.0 Å². The van der Waals surface area contributed by atoms with Crippen molar-refractivity contribution in [1.29, 1.82) is 0 Å². The maximum absolute atomic E-state index is 13.4. The van der Waals surface area contributed by atoms with Gasteiger partial charge in [-0.3, -0.25) is 0 Å². The number of hydrogen-bond donors (Lipinski definition) is 0. The maximum atomic E-state index is 13.4. The van der Waals surface area contributed by atoms with Gasteiger partial charge in [0.2, 0.25) is 0 Å². The van der Waals surface area contributed by atoms with Crippen molar-refractivity contribution in [1.82, 2.24) is 14.2 Å². The van der Waals surface area contributed by atoms with Gasteiger partial charge in [-0.15, -0.1) is 5.10 Å². The number of unbranched alkanes of at least 4 members (excludes halogenated alkanes) is 2. The predicted octanol–water partition coefficient (Wildman–Crippen LogP) is 4.40. The number of rotatable bonds is 7. The molecule has 0 bridgehead atoms. The summed E-state index contributed by atoms with van der Waals surface area (Å²) in [4.78, 5) is 0.283. The topological polar surface area (TPSA) is 64.8 Å². The smallest absolute Gasteiger partial charge is 0.219 e. The molecule has 1 fully saturated rings. The van der Waals surface area contributed by atoms with Crippen molar-refractivity contribution in [2.75, 3.05) is 0 Å². The average molecular weight is 383 g/mol. The van der Waals surface area contributed by atoms with Crippen LogP contribution in [-0.2, 0) is 16.4 Å². The standard InChI is InChI=1S/C21H24N3O2S/c1-3-4-6-9-17-14-19-15(2)20(16-12-13-16)24(21(19)23-22-17)27(25,26)18-10-7-5-8-11-18/h5,7-8,10-11,14,16H,1,3-4,6,9,12-13H2,2H3. The first kappa shape index (κ1) is 18.2. The molecule has 0 spiro atoms.